The standard InChI is InChI=1S/C15H20N2OS/c1-16-12(15(18-2)10-7-8-10)9-14-17-11-5-3-4-6-13(11)19-14/h3-6,10,12,15-16H,7-9H2,1-2H3. The van der Waals surface area contributed by atoms with Gasteiger partial charge in [0.15, 0.2) is 0 Å². The predicted molar refractivity (Wildman–Crippen MR) is 79.7 cm³/mol. The van der Waals surface area contributed by atoms with Crippen molar-refractivity contribution in [2.45, 2.75) is 31.4 Å². The molecule has 1 heterocycles. The number of rotatable bonds is 6. The van der Waals surface area contributed by atoms with Crippen LogP contribution in [0.3, 0.4) is 0 Å². The summed E-state index contributed by atoms with van der Waals surface area (Å²) in [7, 11) is 3.85. The van der Waals surface area contributed by atoms with Crippen molar-refractivity contribution in [1.82, 2.24) is 10.3 Å². The highest BCUT2D eigenvalue weighted by molar-refractivity contribution is 7.18. The van der Waals surface area contributed by atoms with Gasteiger partial charge in [0.2, 0.25) is 0 Å². The average Bonchev–Trinajstić information content (AvgIpc) is 3.17. The predicted octanol–water partition coefficient (Wildman–Crippen LogP) is 2.85. The lowest BCUT2D eigenvalue weighted by Crippen LogP contribution is -2.41. The lowest BCUT2D eigenvalue weighted by molar-refractivity contribution is 0.0534. The molecule has 0 radical (unpaired) electrons. The fourth-order valence-electron chi connectivity index (χ4n) is 2.69. The molecule has 0 saturated heterocycles. The van der Waals surface area contributed by atoms with E-state index in [2.05, 4.69) is 23.5 Å². The molecule has 1 aromatic heterocycles. The minimum absolute atomic E-state index is 0.317. The Morgan fingerprint density at radius 3 is 2.84 bits per heavy atom. The van der Waals surface area contributed by atoms with E-state index < -0.39 is 0 Å². The number of ether oxygens (including phenoxy) is 1. The Labute approximate surface area is 118 Å². The maximum Gasteiger partial charge on any atom is 0.0955 e. The zero-order chi connectivity index (χ0) is 13.2. The van der Waals surface area contributed by atoms with Crippen molar-refractivity contribution in [3.8, 4) is 0 Å². The first-order valence-corrected chi connectivity index (χ1v) is 7.68. The molecular weight excluding hydrogens is 256 g/mol. The lowest BCUT2D eigenvalue weighted by atomic mass is 10.0. The summed E-state index contributed by atoms with van der Waals surface area (Å²) < 4.78 is 6.96. The van der Waals surface area contributed by atoms with Crippen LogP contribution in [0.1, 0.15) is 17.8 Å². The zero-order valence-corrected chi connectivity index (χ0v) is 12.2. The van der Waals surface area contributed by atoms with Crippen LogP contribution in [0.4, 0.5) is 0 Å². The van der Waals surface area contributed by atoms with E-state index in [9.17, 15) is 0 Å². The van der Waals surface area contributed by atoms with E-state index in [-0.39, 0.29) is 0 Å². The van der Waals surface area contributed by atoms with Crippen LogP contribution in [0.15, 0.2) is 24.3 Å². The van der Waals surface area contributed by atoms with E-state index in [4.69, 9.17) is 9.72 Å². The second-order valence-corrected chi connectivity index (χ2v) is 6.33. The number of para-hydroxylation sites is 1. The Hall–Kier alpha value is -0.970. The Balaban J connectivity index is 1.77. The van der Waals surface area contributed by atoms with E-state index in [0.717, 1.165) is 17.9 Å². The van der Waals surface area contributed by atoms with Crippen LogP contribution < -0.4 is 5.32 Å². The van der Waals surface area contributed by atoms with Crippen molar-refractivity contribution in [2.24, 2.45) is 5.92 Å². The molecule has 1 aromatic carbocycles. The first-order chi connectivity index (χ1) is 9.31. The number of hydrogen-bond acceptors (Lipinski definition) is 4. The smallest absolute Gasteiger partial charge is 0.0955 e. The molecule has 2 unspecified atom stereocenters. The molecule has 3 rings (SSSR count). The van der Waals surface area contributed by atoms with Gasteiger partial charge in [-0.1, -0.05) is 12.1 Å². The number of methoxy groups -OCH3 is 1. The van der Waals surface area contributed by atoms with E-state index in [1.807, 2.05) is 20.2 Å². The quantitative estimate of drug-likeness (QED) is 0.881. The van der Waals surface area contributed by atoms with E-state index in [1.165, 1.54) is 22.5 Å². The molecular formula is C15H20N2OS. The van der Waals surface area contributed by atoms with Gasteiger partial charge in [-0.25, -0.2) is 4.98 Å². The summed E-state index contributed by atoms with van der Waals surface area (Å²) in [5, 5.41) is 4.61. The molecule has 19 heavy (non-hydrogen) atoms. The molecule has 102 valence electrons. The molecule has 1 saturated carbocycles. The largest absolute Gasteiger partial charge is 0.380 e. The van der Waals surface area contributed by atoms with Crippen molar-refractivity contribution in [3.63, 3.8) is 0 Å². The summed E-state index contributed by atoms with van der Waals surface area (Å²) in [6.07, 6.45) is 3.87. The number of fused-ring (bicyclic) bond motifs is 1. The molecule has 1 aliphatic carbocycles. The SMILES string of the molecule is CNC(Cc1nc2ccccc2s1)C(OC)C1CC1. The van der Waals surface area contributed by atoms with Crippen LogP contribution in [0.25, 0.3) is 10.2 Å². The van der Waals surface area contributed by atoms with Gasteiger partial charge in [0.05, 0.1) is 21.3 Å². The van der Waals surface area contributed by atoms with Gasteiger partial charge in [0, 0.05) is 19.6 Å². The van der Waals surface area contributed by atoms with Gasteiger partial charge in [-0.15, -0.1) is 11.3 Å². The Bertz CT molecular complexity index is 517. The molecule has 0 bridgehead atoms. The van der Waals surface area contributed by atoms with Crippen LogP contribution in [0.5, 0.6) is 0 Å². The van der Waals surface area contributed by atoms with Gasteiger partial charge in [-0.3, -0.25) is 0 Å². The van der Waals surface area contributed by atoms with E-state index in [0.29, 0.717) is 12.1 Å². The average molecular weight is 276 g/mol. The minimum Gasteiger partial charge on any atom is -0.380 e. The topological polar surface area (TPSA) is 34.2 Å². The van der Waals surface area contributed by atoms with Gasteiger partial charge in [-0.05, 0) is 37.9 Å². The Morgan fingerprint density at radius 2 is 2.21 bits per heavy atom. The molecule has 0 aliphatic heterocycles. The Morgan fingerprint density at radius 1 is 1.42 bits per heavy atom. The summed E-state index contributed by atoms with van der Waals surface area (Å²) in [6, 6.07) is 8.70. The molecule has 1 aliphatic rings. The van der Waals surface area contributed by atoms with Crippen molar-refractivity contribution in [3.05, 3.63) is 29.3 Å². The van der Waals surface area contributed by atoms with Crippen LogP contribution in [0, 0.1) is 5.92 Å². The normalized spacial score (nSPS) is 18.6. The lowest BCUT2D eigenvalue weighted by Gasteiger charge is -2.24. The third-order valence-corrected chi connectivity index (χ3v) is 4.92. The second-order valence-electron chi connectivity index (χ2n) is 5.21. The monoisotopic (exact) mass is 276 g/mol. The second kappa shape index (κ2) is 5.57. The summed E-state index contributed by atoms with van der Waals surface area (Å²) in [5.74, 6) is 0.733. The number of aromatic nitrogens is 1. The summed E-state index contributed by atoms with van der Waals surface area (Å²) in [6.45, 7) is 0. The maximum atomic E-state index is 5.69. The van der Waals surface area contributed by atoms with Crippen molar-refractivity contribution >= 4 is 21.6 Å². The van der Waals surface area contributed by atoms with Gasteiger partial charge in [-0.2, -0.15) is 0 Å². The minimum atomic E-state index is 0.317. The van der Waals surface area contributed by atoms with Gasteiger partial charge < -0.3 is 10.1 Å². The highest BCUT2D eigenvalue weighted by Gasteiger charge is 2.36. The fraction of sp³-hybridized carbons (Fsp3) is 0.533. The van der Waals surface area contributed by atoms with E-state index >= 15 is 0 Å². The third kappa shape index (κ3) is 2.81. The molecule has 3 nitrogen and oxygen atoms in total. The molecule has 0 spiro atoms. The maximum absolute atomic E-state index is 5.69. The number of nitrogens with zero attached hydrogens (tertiary/aromatic N) is 1. The van der Waals surface area contributed by atoms with Crippen molar-refractivity contribution in [1.29, 1.82) is 0 Å². The van der Waals surface area contributed by atoms with Crippen molar-refractivity contribution in [2.75, 3.05) is 14.2 Å². The number of likely N-dealkylation sites (N-methyl/N-ethyl adjacent to an activating group) is 1. The highest BCUT2D eigenvalue weighted by Crippen LogP contribution is 2.36. The number of thiazole rings is 1. The van der Waals surface area contributed by atoms with Crippen LogP contribution >= 0.6 is 11.3 Å². The first kappa shape index (κ1) is 13.0. The molecule has 2 aromatic rings. The van der Waals surface area contributed by atoms with Crippen LogP contribution in [-0.4, -0.2) is 31.3 Å². The first-order valence-electron chi connectivity index (χ1n) is 6.86. The molecule has 0 amide bonds. The molecule has 4 heteroatoms. The summed E-state index contributed by atoms with van der Waals surface area (Å²) in [5.41, 5.74) is 1.11. The summed E-state index contributed by atoms with van der Waals surface area (Å²) in [4.78, 5) is 4.72. The van der Waals surface area contributed by atoms with Crippen LogP contribution in [-0.2, 0) is 11.2 Å². The molecule has 2 atom stereocenters. The Kier molecular flexibility index (Phi) is 3.82. The third-order valence-electron chi connectivity index (χ3n) is 3.86. The fourth-order valence-corrected chi connectivity index (χ4v) is 3.71. The number of nitrogens with one attached hydrogen (secondary N) is 1. The van der Waals surface area contributed by atoms with E-state index in [1.54, 1.807) is 11.3 Å². The van der Waals surface area contributed by atoms with Gasteiger partial charge >= 0.3 is 0 Å². The highest BCUT2D eigenvalue weighted by atomic mass is 32.1. The van der Waals surface area contributed by atoms with Crippen molar-refractivity contribution < 1.29 is 4.74 Å². The molecule has 1 N–H and O–H groups in total. The number of benzene rings is 1. The van der Waals surface area contributed by atoms with Gasteiger partial charge in [0.25, 0.3) is 0 Å². The summed E-state index contributed by atoms with van der Waals surface area (Å²) >= 11 is 1.79. The molecule has 1 fully saturated rings. The van der Waals surface area contributed by atoms with Gasteiger partial charge in [0.1, 0.15) is 0 Å². The van der Waals surface area contributed by atoms with Crippen LogP contribution in [0.2, 0.25) is 0 Å². The zero-order valence-electron chi connectivity index (χ0n) is 11.4. The number of hydrogen-bond donors (Lipinski definition) is 1.